The first kappa shape index (κ1) is 18.0. The average molecular weight is 388 g/mol. The fourth-order valence-corrected chi connectivity index (χ4v) is 4.09. The van der Waals surface area contributed by atoms with E-state index in [1.54, 1.807) is 12.1 Å². The zero-order chi connectivity index (χ0) is 18.8. The number of non-ortho nitro benzene ring substituents is 1. The van der Waals surface area contributed by atoms with Crippen LogP contribution in [0.2, 0.25) is 5.02 Å². The number of benzene rings is 2. The predicted octanol–water partition coefficient (Wildman–Crippen LogP) is 4.25. The van der Waals surface area contributed by atoms with E-state index in [2.05, 4.69) is 4.99 Å². The van der Waals surface area contributed by atoms with Crippen LogP contribution in [0.25, 0.3) is 16.3 Å². The van der Waals surface area contributed by atoms with Gasteiger partial charge in [-0.2, -0.15) is 4.99 Å². The number of nitro groups is 1. The van der Waals surface area contributed by atoms with E-state index in [4.69, 9.17) is 11.6 Å². The van der Waals surface area contributed by atoms with Gasteiger partial charge in [0.15, 0.2) is 4.80 Å². The minimum absolute atomic E-state index is 0.0280. The normalized spacial score (nSPS) is 12.2. The van der Waals surface area contributed by atoms with E-state index >= 15 is 0 Å². The van der Waals surface area contributed by atoms with Gasteiger partial charge in [-0.05, 0) is 36.3 Å². The number of thiazole rings is 1. The molecule has 0 fully saturated rings. The molecule has 8 heteroatoms. The number of carbonyl (C=O) groups excluding carboxylic acids is 1. The molecule has 0 N–H and O–H groups in total. The molecule has 3 aromatic rings. The largest absolute Gasteiger partial charge is 0.319 e. The highest BCUT2D eigenvalue weighted by Crippen LogP contribution is 2.25. The maximum Gasteiger partial charge on any atom is 0.272 e. The third-order valence-electron chi connectivity index (χ3n) is 3.76. The fraction of sp³-hybridized carbons (Fsp3) is 0.111. The summed E-state index contributed by atoms with van der Waals surface area (Å²) >= 11 is 7.46. The van der Waals surface area contributed by atoms with Gasteiger partial charge in [-0.1, -0.05) is 35.1 Å². The van der Waals surface area contributed by atoms with Gasteiger partial charge < -0.3 is 4.57 Å². The quantitative estimate of drug-likeness (QED) is 0.383. The van der Waals surface area contributed by atoms with Gasteiger partial charge in [0, 0.05) is 30.3 Å². The molecule has 0 spiro atoms. The molecule has 26 heavy (non-hydrogen) atoms. The highest BCUT2D eigenvalue weighted by atomic mass is 35.5. The lowest BCUT2D eigenvalue weighted by Crippen LogP contribution is -2.12. The topological polar surface area (TPSA) is 77.5 Å². The predicted molar refractivity (Wildman–Crippen MR) is 103 cm³/mol. The van der Waals surface area contributed by atoms with Crippen molar-refractivity contribution in [3.8, 4) is 0 Å². The first-order chi connectivity index (χ1) is 12.3. The summed E-state index contributed by atoms with van der Waals surface area (Å²) in [7, 11) is 1.84. The van der Waals surface area contributed by atoms with E-state index in [1.807, 2.05) is 30.7 Å². The number of amides is 1. The van der Waals surface area contributed by atoms with Crippen LogP contribution in [-0.2, 0) is 11.8 Å². The Hall–Kier alpha value is -2.77. The lowest BCUT2D eigenvalue weighted by atomic mass is 10.2. The monoisotopic (exact) mass is 387 g/mol. The SMILES string of the molecule is Cc1cc(Cl)cc2sc(=NC(=O)/C=C/c3cccc([N+](=O)[O-])c3)n(C)c12. The van der Waals surface area contributed by atoms with E-state index in [9.17, 15) is 14.9 Å². The van der Waals surface area contributed by atoms with Crippen LogP contribution in [0, 0.1) is 17.0 Å². The number of aryl methyl sites for hydroxylation is 2. The van der Waals surface area contributed by atoms with Crippen molar-refractivity contribution in [2.24, 2.45) is 12.0 Å². The second-order valence-electron chi connectivity index (χ2n) is 5.65. The Bertz CT molecular complexity index is 1130. The summed E-state index contributed by atoms with van der Waals surface area (Å²) < 4.78 is 2.80. The van der Waals surface area contributed by atoms with Crippen molar-refractivity contribution in [2.75, 3.05) is 0 Å². The lowest BCUT2D eigenvalue weighted by molar-refractivity contribution is -0.384. The molecule has 0 saturated heterocycles. The maximum atomic E-state index is 12.2. The van der Waals surface area contributed by atoms with Gasteiger partial charge in [-0.3, -0.25) is 14.9 Å². The third-order valence-corrected chi connectivity index (χ3v) is 5.06. The Morgan fingerprint density at radius 1 is 1.35 bits per heavy atom. The molecule has 0 unspecified atom stereocenters. The maximum absolute atomic E-state index is 12.2. The van der Waals surface area contributed by atoms with E-state index in [-0.39, 0.29) is 5.69 Å². The number of fused-ring (bicyclic) bond motifs is 1. The molecule has 1 heterocycles. The molecule has 0 saturated carbocycles. The molecule has 0 atom stereocenters. The van der Waals surface area contributed by atoms with Crippen molar-refractivity contribution in [1.82, 2.24) is 4.57 Å². The van der Waals surface area contributed by atoms with Crippen molar-refractivity contribution >= 4 is 50.8 Å². The minimum atomic E-state index is -0.478. The van der Waals surface area contributed by atoms with E-state index < -0.39 is 10.8 Å². The van der Waals surface area contributed by atoms with Crippen molar-refractivity contribution in [3.05, 3.63) is 73.5 Å². The molecule has 3 rings (SSSR count). The Balaban J connectivity index is 1.93. The van der Waals surface area contributed by atoms with Crippen LogP contribution in [0.4, 0.5) is 5.69 Å². The summed E-state index contributed by atoms with van der Waals surface area (Å²) in [5, 5.41) is 11.4. The van der Waals surface area contributed by atoms with Crippen molar-refractivity contribution in [3.63, 3.8) is 0 Å². The van der Waals surface area contributed by atoms with Gasteiger partial charge in [0.1, 0.15) is 0 Å². The van der Waals surface area contributed by atoms with Crippen LogP contribution in [0.3, 0.4) is 0 Å². The lowest BCUT2D eigenvalue weighted by Gasteiger charge is -2.00. The summed E-state index contributed by atoms with van der Waals surface area (Å²) in [6, 6.07) is 9.75. The van der Waals surface area contributed by atoms with Crippen molar-refractivity contribution < 1.29 is 9.72 Å². The van der Waals surface area contributed by atoms with Gasteiger partial charge in [0.25, 0.3) is 11.6 Å². The number of aromatic nitrogens is 1. The molecule has 0 radical (unpaired) electrons. The molecule has 2 aromatic carbocycles. The number of nitro benzene ring substituents is 1. The molecule has 0 bridgehead atoms. The van der Waals surface area contributed by atoms with Gasteiger partial charge in [0.05, 0.1) is 15.1 Å². The van der Waals surface area contributed by atoms with E-state index in [1.165, 1.54) is 35.6 Å². The molecular formula is C18H14ClN3O3S. The van der Waals surface area contributed by atoms with Crippen LogP contribution in [-0.4, -0.2) is 15.4 Å². The molecule has 0 aliphatic heterocycles. The average Bonchev–Trinajstić information content (AvgIpc) is 2.89. The van der Waals surface area contributed by atoms with Crippen molar-refractivity contribution in [1.29, 1.82) is 0 Å². The fourth-order valence-electron chi connectivity index (χ4n) is 2.61. The molecular weight excluding hydrogens is 374 g/mol. The van der Waals surface area contributed by atoms with E-state index in [0.717, 1.165) is 15.8 Å². The highest BCUT2D eigenvalue weighted by Gasteiger charge is 2.08. The van der Waals surface area contributed by atoms with Gasteiger partial charge >= 0.3 is 0 Å². The minimum Gasteiger partial charge on any atom is -0.319 e. The number of nitrogens with zero attached hydrogens (tertiary/aromatic N) is 3. The number of hydrogen-bond donors (Lipinski definition) is 0. The molecule has 0 aliphatic rings. The second kappa shape index (κ2) is 7.23. The summed E-state index contributed by atoms with van der Waals surface area (Å²) in [5.41, 5.74) is 2.52. The Morgan fingerprint density at radius 2 is 2.12 bits per heavy atom. The van der Waals surface area contributed by atoms with Crippen LogP contribution in [0.1, 0.15) is 11.1 Å². The van der Waals surface area contributed by atoms with Crippen LogP contribution < -0.4 is 4.80 Å². The summed E-state index contributed by atoms with van der Waals surface area (Å²) in [6.45, 7) is 1.95. The number of carbonyl (C=O) groups is 1. The summed E-state index contributed by atoms with van der Waals surface area (Å²) in [6.07, 6.45) is 2.80. The molecule has 1 amide bonds. The first-order valence-corrected chi connectivity index (χ1v) is 8.81. The third kappa shape index (κ3) is 3.74. The summed E-state index contributed by atoms with van der Waals surface area (Å²) in [5.74, 6) is -0.442. The molecule has 6 nitrogen and oxygen atoms in total. The van der Waals surface area contributed by atoms with Crippen LogP contribution >= 0.6 is 22.9 Å². The van der Waals surface area contributed by atoms with Gasteiger partial charge in [-0.15, -0.1) is 0 Å². The zero-order valence-corrected chi connectivity index (χ0v) is 15.5. The number of hydrogen-bond acceptors (Lipinski definition) is 4. The second-order valence-corrected chi connectivity index (χ2v) is 7.09. The van der Waals surface area contributed by atoms with Gasteiger partial charge in [0.2, 0.25) is 0 Å². The van der Waals surface area contributed by atoms with E-state index in [0.29, 0.717) is 15.4 Å². The Morgan fingerprint density at radius 3 is 2.85 bits per heavy atom. The summed E-state index contributed by atoms with van der Waals surface area (Å²) in [4.78, 5) is 27.2. The van der Waals surface area contributed by atoms with Crippen LogP contribution in [0.5, 0.6) is 0 Å². The molecule has 1 aromatic heterocycles. The molecule has 132 valence electrons. The Labute approximate surface area is 157 Å². The number of halogens is 1. The van der Waals surface area contributed by atoms with Gasteiger partial charge in [-0.25, -0.2) is 0 Å². The highest BCUT2D eigenvalue weighted by molar-refractivity contribution is 7.16. The van der Waals surface area contributed by atoms with Crippen molar-refractivity contribution in [2.45, 2.75) is 6.92 Å². The smallest absolute Gasteiger partial charge is 0.272 e. The standard InChI is InChI=1S/C18H14ClN3O3S/c1-11-8-13(19)10-15-17(11)21(2)18(26-15)20-16(23)7-6-12-4-3-5-14(9-12)22(24)25/h3-10H,1-2H3/b7-6+,20-18?. The number of rotatable bonds is 3. The first-order valence-electron chi connectivity index (χ1n) is 7.62. The van der Waals surface area contributed by atoms with Crippen LogP contribution in [0.15, 0.2) is 47.5 Å². The Kier molecular flexibility index (Phi) is 5.01. The zero-order valence-electron chi connectivity index (χ0n) is 14.0. The molecule has 0 aliphatic carbocycles.